The first-order valence-corrected chi connectivity index (χ1v) is 8.31. The first kappa shape index (κ1) is 16.5. The fraction of sp³-hybridized carbons (Fsp3) is 0. The van der Waals surface area contributed by atoms with E-state index in [1.165, 1.54) is 18.2 Å². The number of non-ortho nitro benzene ring substituents is 1. The second kappa shape index (κ2) is 6.11. The molecule has 0 spiro atoms. The van der Waals surface area contributed by atoms with Gasteiger partial charge in [0.05, 0.1) is 20.1 Å². The predicted octanol–water partition coefficient (Wildman–Crippen LogP) is 3.52. The molecule has 116 valence electrons. The number of phenols is 1. The van der Waals surface area contributed by atoms with Gasteiger partial charge in [-0.2, -0.15) is 0 Å². The number of halogens is 2. The van der Waals surface area contributed by atoms with Gasteiger partial charge >= 0.3 is 0 Å². The van der Waals surface area contributed by atoms with Crippen molar-refractivity contribution in [3.63, 3.8) is 0 Å². The Balaban J connectivity index is 2.44. The summed E-state index contributed by atoms with van der Waals surface area (Å²) < 4.78 is 27.1. The molecule has 0 unspecified atom stereocenters. The average Bonchev–Trinajstić information content (AvgIpc) is 2.42. The Labute approximate surface area is 138 Å². The highest BCUT2D eigenvalue weighted by Gasteiger charge is 2.22. The Bertz CT molecular complexity index is 857. The number of sulfonamides is 1. The van der Waals surface area contributed by atoms with Gasteiger partial charge in [-0.15, -0.1) is 0 Å². The number of aromatic hydroxyl groups is 1. The molecular weight excluding hydrogens is 400 g/mol. The van der Waals surface area contributed by atoms with Crippen LogP contribution in [0.25, 0.3) is 0 Å². The van der Waals surface area contributed by atoms with Gasteiger partial charge in [0.25, 0.3) is 15.7 Å². The summed E-state index contributed by atoms with van der Waals surface area (Å²) in [5.74, 6) is -0.0590. The molecule has 7 nitrogen and oxygen atoms in total. The minimum Gasteiger partial charge on any atom is -0.507 e. The Morgan fingerprint density at radius 2 is 1.91 bits per heavy atom. The molecule has 0 amide bonds. The smallest absolute Gasteiger partial charge is 0.270 e. The van der Waals surface area contributed by atoms with Crippen molar-refractivity contribution in [3.8, 4) is 5.75 Å². The molecule has 0 atom stereocenters. The fourth-order valence-electron chi connectivity index (χ4n) is 1.59. The van der Waals surface area contributed by atoms with Crippen LogP contribution in [-0.2, 0) is 10.0 Å². The number of hydrogen-bond acceptors (Lipinski definition) is 5. The number of nitro groups is 1. The van der Waals surface area contributed by atoms with Crippen LogP contribution in [0.4, 0.5) is 11.4 Å². The molecule has 22 heavy (non-hydrogen) atoms. The molecule has 0 saturated heterocycles. The van der Waals surface area contributed by atoms with E-state index in [2.05, 4.69) is 20.7 Å². The molecule has 0 aliphatic carbocycles. The average molecular weight is 408 g/mol. The molecule has 0 heterocycles. The second-order valence-corrected chi connectivity index (χ2v) is 7.06. The van der Waals surface area contributed by atoms with Crippen LogP contribution < -0.4 is 4.72 Å². The van der Waals surface area contributed by atoms with Gasteiger partial charge in [0.1, 0.15) is 10.6 Å². The summed E-state index contributed by atoms with van der Waals surface area (Å²) in [4.78, 5) is 9.62. The van der Waals surface area contributed by atoms with E-state index in [0.29, 0.717) is 0 Å². The lowest BCUT2D eigenvalue weighted by Crippen LogP contribution is -2.13. The van der Waals surface area contributed by atoms with Crippen molar-refractivity contribution < 1.29 is 18.4 Å². The first-order valence-electron chi connectivity index (χ1n) is 5.66. The molecule has 0 bridgehead atoms. The summed E-state index contributed by atoms with van der Waals surface area (Å²) in [7, 11) is -4.12. The van der Waals surface area contributed by atoms with Gasteiger partial charge in [-0.25, -0.2) is 8.42 Å². The molecule has 2 N–H and O–H groups in total. The lowest BCUT2D eigenvalue weighted by molar-refractivity contribution is -0.385. The minimum absolute atomic E-state index is 0.0590. The van der Waals surface area contributed by atoms with Gasteiger partial charge in [0, 0.05) is 12.1 Å². The highest BCUT2D eigenvalue weighted by atomic mass is 79.9. The molecule has 0 saturated carbocycles. The number of hydrogen-bond donors (Lipinski definition) is 2. The van der Waals surface area contributed by atoms with Crippen molar-refractivity contribution >= 4 is 48.9 Å². The van der Waals surface area contributed by atoms with E-state index in [0.717, 1.165) is 18.2 Å². The second-order valence-electron chi connectivity index (χ2n) is 4.14. The quantitative estimate of drug-likeness (QED) is 0.458. The number of phenolic OH excluding ortho intramolecular Hbond substituents is 1. The van der Waals surface area contributed by atoms with Crippen molar-refractivity contribution in [1.29, 1.82) is 0 Å². The third-order valence-electron chi connectivity index (χ3n) is 2.62. The monoisotopic (exact) mass is 406 g/mol. The van der Waals surface area contributed by atoms with Gasteiger partial charge in [-0.05, 0) is 40.2 Å². The number of benzene rings is 2. The van der Waals surface area contributed by atoms with Gasteiger partial charge in [0.2, 0.25) is 0 Å². The van der Waals surface area contributed by atoms with Gasteiger partial charge in [0.15, 0.2) is 0 Å². The van der Waals surface area contributed by atoms with E-state index in [9.17, 15) is 23.6 Å². The van der Waals surface area contributed by atoms with Crippen LogP contribution in [0.1, 0.15) is 0 Å². The molecule has 0 aliphatic heterocycles. The predicted molar refractivity (Wildman–Crippen MR) is 84.7 cm³/mol. The Morgan fingerprint density at radius 1 is 1.23 bits per heavy atom. The van der Waals surface area contributed by atoms with Crippen LogP contribution in [0.15, 0.2) is 45.8 Å². The van der Waals surface area contributed by atoms with Crippen LogP contribution >= 0.6 is 27.5 Å². The third-order valence-corrected chi connectivity index (χ3v) is 5.11. The van der Waals surface area contributed by atoms with Crippen LogP contribution in [0, 0.1) is 10.1 Å². The fourth-order valence-corrected chi connectivity index (χ4v) is 3.54. The van der Waals surface area contributed by atoms with E-state index in [-0.39, 0.29) is 20.9 Å². The summed E-state index contributed by atoms with van der Waals surface area (Å²) in [5.41, 5.74) is -0.232. The number of nitrogens with one attached hydrogen (secondary N) is 1. The lowest BCUT2D eigenvalue weighted by atomic mass is 10.3. The van der Waals surface area contributed by atoms with Gasteiger partial charge in [-0.1, -0.05) is 11.6 Å². The zero-order valence-corrected chi connectivity index (χ0v) is 13.8. The van der Waals surface area contributed by atoms with E-state index in [1.54, 1.807) is 0 Å². The Hall–Kier alpha value is -1.84. The van der Waals surface area contributed by atoms with Crippen molar-refractivity contribution in [2.75, 3.05) is 4.72 Å². The number of nitrogens with zero attached hydrogens (tertiary/aromatic N) is 1. The molecule has 0 aromatic heterocycles. The van der Waals surface area contributed by atoms with Gasteiger partial charge in [-0.3, -0.25) is 14.8 Å². The summed E-state index contributed by atoms with van der Waals surface area (Å²) in [6, 6.07) is 7.09. The van der Waals surface area contributed by atoms with Crippen molar-refractivity contribution in [1.82, 2.24) is 0 Å². The Morgan fingerprint density at radius 3 is 2.50 bits per heavy atom. The SMILES string of the molecule is O=[N+]([O-])c1ccc(Cl)c(S(=O)(=O)Nc2ccc(O)c(Br)c2)c1. The largest absolute Gasteiger partial charge is 0.507 e. The maximum Gasteiger partial charge on any atom is 0.270 e. The molecule has 0 fully saturated rings. The molecule has 2 rings (SSSR count). The number of nitro benzene ring substituents is 1. The summed E-state index contributed by atoms with van der Waals surface area (Å²) in [5, 5.41) is 20.0. The zero-order chi connectivity index (χ0) is 16.5. The molecule has 10 heteroatoms. The molecule has 0 radical (unpaired) electrons. The highest BCUT2D eigenvalue weighted by Crippen LogP contribution is 2.30. The summed E-state index contributed by atoms with van der Waals surface area (Å²) >= 11 is 8.87. The normalized spacial score (nSPS) is 11.2. The standard InChI is InChI=1S/C12H8BrClN2O5S/c13-9-5-7(1-4-11(9)17)15-22(20,21)12-6-8(16(18)19)2-3-10(12)14/h1-6,15,17H. The third kappa shape index (κ3) is 3.49. The maximum atomic E-state index is 12.3. The summed E-state index contributed by atoms with van der Waals surface area (Å²) in [6.07, 6.45) is 0. The van der Waals surface area contributed by atoms with Crippen molar-refractivity contribution in [2.24, 2.45) is 0 Å². The van der Waals surface area contributed by atoms with E-state index < -0.39 is 25.5 Å². The first-order chi connectivity index (χ1) is 10.2. The van der Waals surface area contributed by atoms with Crippen molar-refractivity contribution in [3.05, 3.63) is 56.0 Å². The Kier molecular flexibility index (Phi) is 4.59. The molecule has 0 aliphatic rings. The topological polar surface area (TPSA) is 110 Å². The summed E-state index contributed by atoms with van der Waals surface area (Å²) in [6.45, 7) is 0. The number of rotatable bonds is 4. The van der Waals surface area contributed by atoms with E-state index in [4.69, 9.17) is 11.6 Å². The molecule has 2 aromatic rings. The highest BCUT2D eigenvalue weighted by molar-refractivity contribution is 9.10. The molecular formula is C12H8BrClN2O5S. The minimum atomic E-state index is -4.12. The van der Waals surface area contributed by atoms with Gasteiger partial charge < -0.3 is 5.11 Å². The van der Waals surface area contributed by atoms with Crippen molar-refractivity contribution in [2.45, 2.75) is 4.90 Å². The van der Waals surface area contributed by atoms with Crippen LogP contribution in [0.2, 0.25) is 5.02 Å². The van der Waals surface area contributed by atoms with Crippen LogP contribution in [-0.4, -0.2) is 18.4 Å². The maximum absolute atomic E-state index is 12.3. The molecule has 2 aromatic carbocycles. The lowest BCUT2D eigenvalue weighted by Gasteiger charge is -2.10. The zero-order valence-electron chi connectivity index (χ0n) is 10.7. The van der Waals surface area contributed by atoms with Crippen LogP contribution in [0.3, 0.4) is 0 Å². The van der Waals surface area contributed by atoms with E-state index in [1.807, 2.05) is 0 Å². The van der Waals surface area contributed by atoms with E-state index >= 15 is 0 Å². The number of anilines is 1. The van der Waals surface area contributed by atoms with Crippen LogP contribution in [0.5, 0.6) is 5.75 Å².